The van der Waals surface area contributed by atoms with Crippen molar-refractivity contribution in [2.75, 3.05) is 66.1 Å². The number of carbonyl (C=O) groups excluding carboxylic acids is 2. The molecule has 0 N–H and O–H groups in total. The van der Waals surface area contributed by atoms with Gasteiger partial charge in [-0.25, -0.2) is 9.59 Å². The van der Waals surface area contributed by atoms with Crippen LogP contribution in [0.3, 0.4) is 0 Å². The fraction of sp³-hybridized carbons (Fsp3) is 0.517. The number of hydrogen-bond donors (Lipinski definition) is 0. The Morgan fingerprint density at radius 2 is 1.13 bits per heavy atom. The zero-order valence-electron chi connectivity index (χ0n) is 23.1. The van der Waals surface area contributed by atoms with Crippen LogP contribution in [0.2, 0.25) is 0 Å². The quantitative estimate of drug-likeness (QED) is 0.407. The van der Waals surface area contributed by atoms with Gasteiger partial charge in [-0.15, -0.1) is 0 Å². The van der Waals surface area contributed by atoms with Gasteiger partial charge in [0.05, 0.1) is 64.0 Å². The molecule has 0 spiro atoms. The number of aromatic nitrogens is 1. The van der Waals surface area contributed by atoms with Crippen LogP contribution in [-0.2, 0) is 45.1 Å². The van der Waals surface area contributed by atoms with Crippen molar-refractivity contribution in [3.05, 3.63) is 52.2 Å². The topological polar surface area (TPSA) is 94.5 Å². The maximum atomic E-state index is 13.6. The third kappa shape index (κ3) is 7.54. The lowest BCUT2D eigenvalue weighted by molar-refractivity contribution is -0.144. The molecule has 1 aromatic carbocycles. The van der Waals surface area contributed by atoms with E-state index in [4.69, 9.17) is 28.4 Å². The van der Waals surface area contributed by atoms with Crippen LogP contribution in [0.4, 0.5) is 0 Å². The molecule has 0 atom stereocenters. The Kier molecular flexibility index (Phi) is 11.5. The molecule has 1 aliphatic heterocycles. The van der Waals surface area contributed by atoms with Gasteiger partial charge in [-0.05, 0) is 39.3 Å². The van der Waals surface area contributed by atoms with E-state index in [1.807, 2.05) is 45.2 Å². The molecule has 0 saturated carbocycles. The molecular formula is C29H39NO8. The minimum absolute atomic E-state index is 0.0339. The SMILES string of the molecule is CC(C)=C1C(=O)OCCOCCOCCOCCOCCOC(=O)/C1=C(/C)c1c(C)n(C)c2ccccc12. The summed E-state index contributed by atoms with van der Waals surface area (Å²) >= 11 is 0. The van der Waals surface area contributed by atoms with E-state index in [1.54, 1.807) is 13.8 Å². The normalized spacial score (nSPS) is 19.6. The van der Waals surface area contributed by atoms with Gasteiger partial charge in [-0.2, -0.15) is 0 Å². The molecule has 0 bridgehead atoms. The number of para-hydroxylation sites is 1. The van der Waals surface area contributed by atoms with Crippen LogP contribution in [0.5, 0.6) is 0 Å². The zero-order chi connectivity index (χ0) is 27.5. The van der Waals surface area contributed by atoms with Crippen LogP contribution >= 0.6 is 0 Å². The van der Waals surface area contributed by atoms with E-state index in [-0.39, 0.29) is 37.6 Å². The molecule has 9 nitrogen and oxygen atoms in total. The monoisotopic (exact) mass is 529 g/mol. The van der Waals surface area contributed by atoms with E-state index in [0.717, 1.165) is 22.2 Å². The third-order valence-corrected chi connectivity index (χ3v) is 6.35. The Labute approximate surface area is 224 Å². The highest BCUT2D eigenvalue weighted by Gasteiger charge is 2.29. The number of aryl methyl sites for hydroxylation is 1. The van der Waals surface area contributed by atoms with Crippen molar-refractivity contribution in [3.63, 3.8) is 0 Å². The van der Waals surface area contributed by atoms with E-state index in [9.17, 15) is 9.59 Å². The molecule has 0 unspecified atom stereocenters. The first kappa shape index (κ1) is 29.6. The van der Waals surface area contributed by atoms with E-state index >= 15 is 0 Å². The van der Waals surface area contributed by atoms with Crippen LogP contribution in [0, 0.1) is 6.92 Å². The number of cyclic esters (lactones) is 2. The maximum Gasteiger partial charge on any atom is 0.339 e. The molecule has 38 heavy (non-hydrogen) atoms. The van der Waals surface area contributed by atoms with Crippen molar-refractivity contribution in [1.29, 1.82) is 0 Å². The molecule has 0 amide bonds. The standard InChI is InChI=1S/C29H39NO8/c1-20(2)25-27(21(3)26-22(4)30(5)24-9-7-6-8-23(24)26)29(32)38-19-17-36-15-13-34-11-10-33-12-14-35-16-18-37-28(25)31/h6-9H,10-19H2,1-5H3/b27-21-. The molecular weight excluding hydrogens is 490 g/mol. The van der Waals surface area contributed by atoms with Crippen molar-refractivity contribution < 1.29 is 38.0 Å². The van der Waals surface area contributed by atoms with Gasteiger partial charge in [0.15, 0.2) is 0 Å². The highest BCUT2D eigenvalue weighted by atomic mass is 16.6. The number of allylic oxidation sites excluding steroid dienone is 2. The molecule has 1 aliphatic rings. The Bertz CT molecular complexity index is 1170. The summed E-state index contributed by atoms with van der Waals surface area (Å²) in [6.07, 6.45) is 0. The first-order chi connectivity index (χ1) is 18.3. The molecule has 3 rings (SSSR count). The second kappa shape index (κ2) is 14.8. The number of hydrogen-bond acceptors (Lipinski definition) is 8. The van der Waals surface area contributed by atoms with E-state index in [2.05, 4.69) is 4.57 Å². The third-order valence-electron chi connectivity index (χ3n) is 6.35. The molecule has 1 fully saturated rings. The molecule has 1 aromatic heterocycles. The fourth-order valence-electron chi connectivity index (χ4n) is 4.41. The first-order valence-electron chi connectivity index (χ1n) is 12.9. The Hall–Kier alpha value is -2.98. The largest absolute Gasteiger partial charge is 0.460 e. The van der Waals surface area contributed by atoms with E-state index in [0.29, 0.717) is 50.8 Å². The summed E-state index contributed by atoms with van der Waals surface area (Å²) in [5.74, 6) is -1.21. The van der Waals surface area contributed by atoms with Crippen LogP contribution in [0.25, 0.3) is 16.5 Å². The van der Waals surface area contributed by atoms with Gasteiger partial charge in [0.1, 0.15) is 13.2 Å². The van der Waals surface area contributed by atoms with Gasteiger partial charge in [-0.1, -0.05) is 23.8 Å². The summed E-state index contributed by atoms with van der Waals surface area (Å²) in [7, 11) is 1.98. The second-order valence-electron chi connectivity index (χ2n) is 9.13. The summed E-state index contributed by atoms with van der Waals surface area (Å²) in [6.45, 7) is 10.3. The van der Waals surface area contributed by atoms with Crippen LogP contribution in [0.1, 0.15) is 32.0 Å². The average molecular weight is 530 g/mol. The minimum atomic E-state index is -0.606. The lowest BCUT2D eigenvalue weighted by Crippen LogP contribution is -2.22. The Balaban J connectivity index is 1.99. The van der Waals surface area contributed by atoms with Gasteiger partial charge in [0, 0.05) is 29.2 Å². The number of carbonyl (C=O) groups is 2. The Morgan fingerprint density at radius 1 is 0.684 bits per heavy atom. The molecule has 208 valence electrons. The fourth-order valence-corrected chi connectivity index (χ4v) is 4.41. The van der Waals surface area contributed by atoms with Gasteiger partial charge in [0.25, 0.3) is 0 Å². The predicted octanol–water partition coefficient (Wildman–Crippen LogP) is 3.76. The minimum Gasteiger partial charge on any atom is -0.460 e. The number of rotatable bonds is 1. The first-order valence-corrected chi connectivity index (χ1v) is 12.9. The molecule has 1 saturated heterocycles. The predicted molar refractivity (Wildman–Crippen MR) is 144 cm³/mol. The Morgan fingerprint density at radius 3 is 1.63 bits per heavy atom. The van der Waals surface area contributed by atoms with Crippen molar-refractivity contribution >= 4 is 28.4 Å². The molecule has 0 aliphatic carbocycles. The molecule has 9 heteroatoms. The number of nitrogens with zero attached hydrogens (tertiary/aromatic N) is 1. The summed E-state index contributed by atoms with van der Waals surface area (Å²) < 4.78 is 35.2. The van der Waals surface area contributed by atoms with Crippen LogP contribution < -0.4 is 0 Å². The molecule has 2 aromatic rings. The zero-order valence-corrected chi connectivity index (χ0v) is 23.1. The van der Waals surface area contributed by atoms with Crippen molar-refractivity contribution in [2.45, 2.75) is 27.7 Å². The summed E-state index contributed by atoms with van der Waals surface area (Å²) in [4.78, 5) is 26.9. The van der Waals surface area contributed by atoms with Gasteiger partial charge in [-0.3, -0.25) is 0 Å². The summed E-state index contributed by atoms with van der Waals surface area (Å²) in [6, 6.07) is 7.97. The lowest BCUT2D eigenvalue weighted by atomic mass is 9.91. The van der Waals surface area contributed by atoms with Gasteiger partial charge < -0.3 is 33.0 Å². The number of benzene rings is 1. The highest BCUT2D eigenvalue weighted by Crippen LogP contribution is 2.35. The molecule has 0 radical (unpaired) electrons. The average Bonchev–Trinajstić information content (AvgIpc) is 3.15. The maximum absolute atomic E-state index is 13.6. The van der Waals surface area contributed by atoms with E-state index < -0.39 is 11.9 Å². The molecule has 2 heterocycles. The lowest BCUT2D eigenvalue weighted by Gasteiger charge is -2.17. The van der Waals surface area contributed by atoms with Crippen molar-refractivity contribution in [2.24, 2.45) is 7.05 Å². The van der Waals surface area contributed by atoms with Crippen LogP contribution in [-0.4, -0.2) is 82.6 Å². The smallest absolute Gasteiger partial charge is 0.339 e. The van der Waals surface area contributed by atoms with Gasteiger partial charge >= 0.3 is 11.9 Å². The summed E-state index contributed by atoms with van der Waals surface area (Å²) in [5.41, 5.74) is 4.53. The van der Waals surface area contributed by atoms with Crippen molar-refractivity contribution in [1.82, 2.24) is 4.57 Å². The van der Waals surface area contributed by atoms with Crippen molar-refractivity contribution in [3.8, 4) is 0 Å². The van der Waals surface area contributed by atoms with E-state index in [1.165, 1.54) is 0 Å². The summed E-state index contributed by atoms with van der Waals surface area (Å²) in [5, 5.41) is 0.983. The number of fused-ring (bicyclic) bond motifs is 1. The van der Waals surface area contributed by atoms with Crippen LogP contribution in [0.15, 0.2) is 41.0 Å². The van der Waals surface area contributed by atoms with Gasteiger partial charge in [0.2, 0.25) is 0 Å². The number of esters is 2. The second-order valence-corrected chi connectivity index (χ2v) is 9.13. The number of ether oxygens (including phenoxy) is 6. The highest BCUT2D eigenvalue weighted by molar-refractivity contribution is 6.14.